The van der Waals surface area contributed by atoms with E-state index in [9.17, 15) is 18.0 Å². The SMILES string of the molecule is O=C(c1cccc(OC(F)(F)F)c1)N1CCC(Oc2cccnn2)C1. The Hall–Kier alpha value is -2.84. The molecule has 2 aromatic rings. The molecule has 0 aliphatic carbocycles. The molecule has 1 atom stereocenters. The number of hydrogen-bond acceptors (Lipinski definition) is 5. The van der Waals surface area contributed by atoms with Gasteiger partial charge in [-0.15, -0.1) is 18.3 Å². The summed E-state index contributed by atoms with van der Waals surface area (Å²) in [7, 11) is 0. The van der Waals surface area contributed by atoms with Crippen LogP contribution in [0.25, 0.3) is 0 Å². The average Bonchev–Trinajstić information content (AvgIpc) is 3.02. The Morgan fingerprint density at radius 2 is 2.08 bits per heavy atom. The van der Waals surface area contributed by atoms with E-state index in [4.69, 9.17) is 4.74 Å². The third-order valence-corrected chi connectivity index (χ3v) is 3.58. The van der Waals surface area contributed by atoms with E-state index < -0.39 is 12.1 Å². The summed E-state index contributed by atoms with van der Waals surface area (Å²) in [5.41, 5.74) is 0.127. The third-order valence-electron chi connectivity index (χ3n) is 3.58. The Kier molecular flexibility index (Phi) is 4.73. The Balaban J connectivity index is 1.63. The summed E-state index contributed by atoms with van der Waals surface area (Å²) in [5.74, 6) is -0.440. The van der Waals surface area contributed by atoms with Crippen LogP contribution in [0.2, 0.25) is 0 Å². The molecule has 1 amide bonds. The number of ether oxygens (including phenoxy) is 2. The van der Waals surface area contributed by atoms with Crippen LogP contribution in [0.4, 0.5) is 13.2 Å². The van der Waals surface area contributed by atoms with Crippen molar-refractivity contribution in [2.24, 2.45) is 0 Å². The summed E-state index contributed by atoms with van der Waals surface area (Å²) >= 11 is 0. The fraction of sp³-hybridized carbons (Fsp3) is 0.312. The molecule has 132 valence electrons. The molecule has 1 aliphatic rings. The van der Waals surface area contributed by atoms with Gasteiger partial charge in [-0.3, -0.25) is 4.79 Å². The summed E-state index contributed by atoms with van der Waals surface area (Å²) < 4.78 is 46.3. The minimum absolute atomic E-state index is 0.127. The van der Waals surface area contributed by atoms with Crippen molar-refractivity contribution in [2.75, 3.05) is 13.1 Å². The second-order valence-corrected chi connectivity index (χ2v) is 5.42. The van der Waals surface area contributed by atoms with Crippen LogP contribution in [0.3, 0.4) is 0 Å². The van der Waals surface area contributed by atoms with Gasteiger partial charge in [-0.2, -0.15) is 5.10 Å². The molecule has 1 aromatic heterocycles. The monoisotopic (exact) mass is 353 g/mol. The van der Waals surface area contributed by atoms with Crippen molar-refractivity contribution in [3.8, 4) is 11.6 Å². The van der Waals surface area contributed by atoms with Crippen molar-refractivity contribution in [3.63, 3.8) is 0 Å². The molecular weight excluding hydrogens is 339 g/mol. The number of carbonyl (C=O) groups is 1. The van der Waals surface area contributed by atoms with E-state index in [0.29, 0.717) is 25.4 Å². The number of halogens is 3. The molecule has 0 N–H and O–H groups in total. The molecular formula is C16H14F3N3O3. The highest BCUT2D eigenvalue weighted by molar-refractivity contribution is 5.94. The van der Waals surface area contributed by atoms with Crippen LogP contribution >= 0.6 is 0 Å². The minimum Gasteiger partial charge on any atom is -0.471 e. The van der Waals surface area contributed by atoms with Crippen LogP contribution in [-0.2, 0) is 0 Å². The predicted octanol–water partition coefficient (Wildman–Crippen LogP) is 2.67. The number of rotatable bonds is 4. The van der Waals surface area contributed by atoms with E-state index in [2.05, 4.69) is 14.9 Å². The van der Waals surface area contributed by atoms with E-state index in [0.717, 1.165) is 12.1 Å². The zero-order valence-corrected chi connectivity index (χ0v) is 12.9. The summed E-state index contributed by atoms with van der Waals surface area (Å²) in [4.78, 5) is 14.0. The standard InChI is InChI=1S/C16H14F3N3O3/c17-16(18,19)25-12-4-1-3-11(9-12)15(23)22-8-6-13(10-22)24-14-5-2-7-20-21-14/h1-5,7,9,13H,6,8,10H2. The predicted molar refractivity (Wildman–Crippen MR) is 80.1 cm³/mol. The maximum Gasteiger partial charge on any atom is 0.573 e. The van der Waals surface area contributed by atoms with Crippen molar-refractivity contribution in [2.45, 2.75) is 18.9 Å². The summed E-state index contributed by atoms with van der Waals surface area (Å²) in [6.45, 7) is 0.758. The molecule has 0 spiro atoms. The lowest BCUT2D eigenvalue weighted by molar-refractivity contribution is -0.274. The molecule has 1 saturated heterocycles. The Labute approximate surface area is 141 Å². The number of hydrogen-bond donors (Lipinski definition) is 0. The zero-order valence-electron chi connectivity index (χ0n) is 12.9. The van der Waals surface area contributed by atoms with E-state index in [1.807, 2.05) is 0 Å². The van der Waals surface area contributed by atoms with Crippen molar-refractivity contribution in [1.29, 1.82) is 0 Å². The van der Waals surface area contributed by atoms with Gasteiger partial charge in [0.2, 0.25) is 5.88 Å². The highest BCUT2D eigenvalue weighted by atomic mass is 19.4. The molecule has 6 nitrogen and oxygen atoms in total. The smallest absolute Gasteiger partial charge is 0.471 e. The Bertz CT molecular complexity index is 740. The second-order valence-electron chi connectivity index (χ2n) is 5.42. The number of amides is 1. The molecule has 1 aromatic carbocycles. The topological polar surface area (TPSA) is 64.5 Å². The van der Waals surface area contributed by atoms with Crippen LogP contribution in [-0.4, -0.2) is 46.6 Å². The summed E-state index contributed by atoms with van der Waals surface area (Å²) in [6, 6.07) is 8.36. The highest BCUT2D eigenvalue weighted by Gasteiger charge is 2.32. The van der Waals surface area contributed by atoms with Gasteiger partial charge in [0.25, 0.3) is 5.91 Å². The van der Waals surface area contributed by atoms with Gasteiger partial charge in [-0.05, 0) is 24.3 Å². The van der Waals surface area contributed by atoms with Crippen LogP contribution < -0.4 is 9.47 Å². The fourth-order valence-electron chi connectivity index (χ4n) is 2.54. The molecule has 0 saturated carbocycles. The van der Waals surface area contributed by atoms with Gasteiger partial charge in [0.15, 0.2) is 0 Å². The molecule has 2 heterocycles. The van der Waals surface area contributed by atoms with Gasteiger partial charge in [0.05, 0.1) is 6.54 Å². The lowest BCUT2D eigenvalue weighted by Gasteiger charge is -2.17. The minimum atomic E-state index is -4.80. The second kappa shape index (κ2) is 6.96. The number of aromatic nitrogens is 2. The number of carbonyl (C=O) groups excluding carboxylic acids is 1. The normalized spacial score (nSPS) is 17.4. The van der Waals surface area contributed by atoms with Crippen LogP contribution in [0, 0.1) is 0 Å². The first-order valence-corrected chi connectivity index (χ1v) is 7.50. The van der Waals surface area contributed by atoms with Crippen molar-refractivity contribution in [3.05, 3.63) is 48.2 Å². The molecule has 1 aliphatic heterocycles. The Morgan fingerprint density at radius 1 is 1.24 bits per heavy atom. The van der Waals surface area contributed by atoms with E-state index in [-0.39, 0.29) is 17.6 Å². The van der Waals surface area contributed by atoms with Crippen LogP contribution in [0.15, 0.2) is 42.6 Å². The van der Waals surface area contributed by atoms with Gasteiger partial charge < -0.3 is 14.4 Å². The first-order valence-electron chi connectivity index (χ1n) is 7.50. The number of likely N-dealkylation sites (tertiary alicyclic amines) is 1. The average molecular weight is 353 g/mol. The fourth-order valence-corrected chi connectivity index (χ4v) is 2.54. The van der Waals surface area contributed by atoms with E-state index in [1.165, 1.54) is 23.2 Å². The van der Waals surface area contributed by atoms with Gasteiger partial charge in [-0.25, -0.2) is 0 Å². The third kappa shape index (κ3) is 4.59. The molecule has 9 heteroatoms. The lowest BCUT2D eigenvalue weighted by atomic mass is 10.2. The maximum absolute atomic E-state index is 12.5. The van der Waals surface area contributed by atoms with Crippen LogP contribution in [0.1, 0.15) is 16.8 Å². The highest BCUT2D eigenvalue weighted by Crippen LogP contribution is 2.25. The zero-order chi connectivity index (χ0) is 17.9. The van der Waals surface area contributed by atoms with Gasteiger partial charge in [0, 0.05) is 30.8 Å². The largest absolute Gasteiger partial charge is 0.573 e. The lowest BCUT2D eigenvalue weighted by Crippen LogP contribution is -2.31. The summed E-state index contributed by atoms with van der Waals surface area (Å²) in [6.07, 6.45) is -2.92. The molecule has 1 fully saturated rings. The van der Waals surface area contributed by atoms with Gasteiger partial charge in [-0.1, -0.05) is 6.07 Å². The van der Waals surface area contributed by atoms with E-state index in [1.54, 1.807) is 12.1 Å². The van der Waals surface area contributed by atoms with Crippen LogP contribution in [0.5, 0.6) is 11.6 Å². The number of alkyl halides is 3. The quantitative estimate of drug-likeness (QED) is 0.846. The first kappa shape index (κ1) is 17.0. The molecule has 1 unspecified atom stereocenters. The number of benzene rings is 1. The Morgan fingerprint density at radius 3 is 2.80 bits per heavy atom. The van der Waals surface area contributed by atoms with Gasteiger partial charge in [0.1, 0.15) is 11.9 Å². The summed E-state index contributed by atoms with van der Waals surface area (Å²) in [5, 5.41) is 7.52. The van der Waals surface area contributed by atoms with Gasteiger partial charge >= 0.3 is 6.36 Å². The molecule has 0 radical (unpaired) electrons. The van der Waals surface area contributed by atoms with Crippen molar-refractivity contribution < 1.29 is 27.4 Å². The van der Waals surface area contributed by atoms with Crippen molar-refractivity contribution >= 4 is 5.91 Å². The van der Waals surface area contributed by atoms with Crippen molar-refractivity contribution in [1.82, 2.24) is 15.1 Å². The number of nitrogens with zero attached hydrogens (tertiary/aromatic N) is 3. The van der Waals surface area contributed by atoms with E-state index >= 15 is 0 Å². The molecule has 25 heavy (non-hydrogen) atoms. The first-order chi connectivity index (χ1) is 11.9. The maximum atomic E-state index is 12.5. The molecule has 3 rings (SSSR count). The molecule has 0 bridgehead atoms.